The van der Waals surface area contributed by atoms with E-state index >= 15 is 0 Å². The molecule has 2 aromatic rings. The normalized spacial score (nSPS) is 10.4. The summed E-state index contributed by atoms with van der Waals surface area (Å²) in [6.45, 7) is 2.92. The van der Waals surface area contributed by atoms with E-state index in [1.807, 2.05) is 18.4 Å². The number of nitrogens with zero attached hydrogens (tertiary/aromatic N) is 2. The summed E-state index contributed by atoms with van der Waals surface area (Å²) < 4.78 is 1.64. The first-order chi connectivity index (χ1) is 9.61. The Labute approximate surface area is 120 Å². The van der Waals surface area contributed by atoms with Gasteiger partial charge in [0.1, 0.15) is 0 Å². The van der Waals surface area contributed by atoms with Crippen molar-refractivity contribution in [3.05, 3.63) is 40.1 Å². The lowest BCUT2D eigenvalue weighted by atomic mass is 10.2. The predicted molar refractivity (Wildman–Crippen MR) is 75.2 cm³/mol. The largest absolute Gasteiger partial charge is 0.476 e. The van der Waals surface area contributed by atoms with Crippen molar-refractivity contribution < 1.29 is 14.7 Å². The average Bonchev–Trinajstić information content (AvgIpc) is 3.07. The molecule has 0 radical (unpaired) electrons. The van der Waals surface area contributed by atoms with Gasteiger partial charge in [0.2, 0.25) is 0 Å². The van der Waals surface area contributed by atoms with Gasteiger partial charge in [-0.15, -0.1) is 11.3 Å². The minimum absolute atomic E-state index is 0.00264. The molecule has 1 amide bonds. The number of imidazole rings is 1. The monoisotopic (exact) mass is 293 g/mol. The number of carbonyl (C=O) groups is 2. The number of rotatable bonds is 6. The predicted octanol–water partition coefficient (Wildman–Crippen LogP) is 1.64. The zero-order chi connectivity index (χ0) is 14.5. The summed E-state index contributed by atoms with van der Waals surface area (Å²) in [5, 5.41) is 13.5. The number of amides is 1. The molecule has 20 heavy (non-hydrogen) atoms. The second-order valence-electron chi connectivity index (χ2n) is 4.19. The van der Waals surface area contributed by atoms with E-state index in [4.69, 9.17) is 5.11 Å². The van der Waals surface area contributed by atoms with Crippen molar-refractivity contribution in [2.24, 2.45) is 0 Å². The third kappa shape index (κ3) is 3.24. The molecule has 2 N–H and O–H groups in total. The van der Waals surface area contributed by atoms with Crippen molar-refractivity contribution in [3.63, 3.8) is 0 Å². The fourth-order valence-electron chi connectivity index (χ4n) is 1.78. The van der Waals surface area contributed by atoms with E-state index in [2.05, 4.69) is 10.3 Å². The van der Waals surface area contributed by atoms with Crippen LogP contribution in [-0.4, -0.2) is 33.1 Å². The number of thiophene rings is 1. The Hall–Kier alpha value is -2.15. The highest BCUT2D eigenvalue weighted by Gasteiger charge is 2.11. The third-order valence-corrected chi connectivity index (χ3v) is 3.80. The Kier molecular flexibility index (Phi) is 4.52. The van der Waals surface area contributed by atoms with Crippen LogP contribution < -0.4 is 5.32 Å². The molecule has 106 valence electrons. The van der Waals surface area contributed by atoms with Crippen LogP contribution in [0.4, 0.5) is 0 Å². The van der Waals surface area contributed by atoms with Crippen LogP contribution in [0.25, 0.3) is 0 Å². The van der Waals surface area contributed by atoms with Crippen molar-refractivity contribution in [1.82, 2.24) is 14.9 Å². The molecule has 7 heteroatoms. The summed E-state index contributed by atoms with van der Waals surface area (Å²) >= 11 is 1.43. The van der Waals surface area contributed by atoms with Crippen LogP contribution in [0.3, 0.4) is 0 Å². The quantitative estimate of drug-likeness (QED) is 0.848. The topological polar surface area (TPSA) is 84.2 Å². The van der Waals surface area contributed by atoms with Crippen molar-refractivity contribution >= 4 is 23.2 Å². The first-order valence-electron chi connectivity index (χ1n) is 6.21. The lowest BCUT2D eigenvalue weighted by Crippen LogP contribution is -2.27. The molecule has 2 rings (SSSR count). The maximum absolute atomic E-state index is 12.0. The minimum Gasteiger partial charge on any atom is -0.476 e. The van der Waals surface area contributed by atoms with E-state index in [1.165, 1.54) is 23.9 Å². The number of hydrogen-bond acceptors (Lipinski definition) is 4. The van der Waals surface area contributed by atoms with Gasteiger partial charge < -0.3 is 15.0 Å². The Morgan fingerprint density at radius 1 is 1.50 bits per heavy atom. The number of carboxylic acid groups (broad SMARTS) is 1. The lowest BCUT2D eigenvalue weighted by molar-refractivity contribution is 0.0690. The Morgan fingerprint density at radius 2 is 2.30 bits per heavy atom. The van der Waals surface area contributed by atoms with E-state index < -0.39 is 5.97 Å². The lowest BCUT2D eigenvalue weighted by Gasteiger charge is -2.05. The van der Waals surface area contributed by atoms with E-state index in [-0.39, 0.29) is 11.6 Å². The molecule has 0 saturated heterocycles. The van der Waals surface area contributed by atoms with Crippen LogP contribution in [0.2, 0.25) is 0 Å². The SMILES string of the molecule is CCc1ccsc1C(=O)NCCn1cnc(C(=O)O)c1. The van der Waals surface area contributed by atoms with Crippen LogP contribution in [0.15, 0.2) is 24.0 Å². The van der Waals surface area contributed by atoms with Gasteiger partial charge in [0.25, 0.3) is 5.91 Å². The Morgan fingerprint density at radius 3 is 2.95 bits per heavy atom. The number of aryl methyl sites for hydroxylation is 1. The molecular weight excluding hydrogens is 278 g/mol. The number of aromatic carboxylic acids is 1. The fraction of sp³-hybridized carbons (Fsp3) is 0.308. The first kappa shape index (κ1) is 14.3. The molecule has 6 nitrogen and oxygen atoms in total. The molecule has 0 spiro atoms. The highest BCUT2D eigenvalue weighted by molar-refractivity contribution is 7.12. The summed E-state index contributed by atoms with van der Waals surface area (Å²) in [7, 11) is 0. The highest BCUT2D eigenvalue weighted by Crippen LogP contribution is 2.16. The van der Waals surface area contributed by atoms with Crippen molar-refractivity contribution in [2.45, 2.75) is 19.9 Å². The second-order valence-corrected chi connectivity index (χ2v) is 5.10. The van der Waals surface area contributed by atoms with Gasteiger partial charge in [-0.25, -0.2) is 9.78 Å². The number of carboxylic acids is 1. The second kappa shape index (κ2) is 6.33. The molecule has 0 aliphatic heterocycles. The summed E-state index contributed by atoms with van der Waals surface area (Å²) in [5.41, 5.74) is 1.05. The number of hydrogen-bond donors (Lipinski definition) is 2. The molecule has 0 aromatic carbocycles. The number of aromatic nitrogens is 2. The fourth-order valence-corrected chi connectivity index (χ4v) is 2.70. The number of carbonyl (C=O) groups excluding carboxylic acids is 1. The van der Waals surface area contributed by atoms with Crippen molar-refractivity contribution in [2.75, 3.05) is 6.54 Å². The molecule has 0 aliphatic rings. The summed E-state index contributed by atoms with van der Waals surface area (Å²) in [6.07, 6.45) is 3.71. The Bertz CT molecular complexity index is 618. The van der Waals surface area contributed by atoms with Gasteiger partial charge in [-0.3, -0.25) is 4.79 Å². The molecule has 0 saturated carbocycles. The molecule has 2 heterocycles. The summed E-state index contributed by atoms with van der Waals surface area (Å²) in [4.78, 5) is 27.1. The smallest absolute Gasteiger partial charge is 0.356 e. The number of nitrogens with one attached hydrogen (secondary N) is 1. The van der Waals surface area contributed by atoms with Crippen LogP contribution in [0.1, 0.15) is 32.6 Å². The third-order valence-electron chi connectivity index (χ3n) is 2.84. The average molecular weight is 293 g/mol. The van der Waals surface area contributed by atoms with Gasteiger partial charge in [0, 0.05) is 19.3 Å². The van der Waals surface area contributed by atoms with Crippen LogP contribution in [0, 0.1) is 0 Å². The maximum atomic E-state index is 12.0. The molecule has 0 aliphatic carbocycles. The van der Waals surface area contributed by atoms with Crippen LogP contribution >= 0.6 is 11.3 Å². The van der Waals surface area contributed by atoms with E-state index in [0.29, 0.717) is 13.1 Å². The standard InChI is InChI=1S/C13H15N3O3S/c1-2-9-3-6-20-11(9)12(17)14-4-5-16-7-10(13(18)19)15-8-16/h3,6-8H,2,4-5H2,1H3,(H,14,17)(H,18,19). The van der Waals surface area contributed by atoms with Gasteiger partial charge >= 0.3 is 5.97 Å². The van der Waals surface area contributed by atoms with Gasteiger partial charge in [-0.05, 0) is 23.4 Å². The zero-order valence-electron chi connectivity index (χ0n) is 11.0. The van der Waals surface area contributed by atoms with Gasteiger partial charge in [0.05, 0.1) is 11.2 Å². The van der Waals surface area contributed by atoms with Gasteiger partial charge in [0.15, 0.2) is 5.69 Å². The molecular formula is C13H15N3O3S. The molecule has 0 bridgehead atoms. The maximum Gasteiger partial charge on any atom is 0.356 e. The molecule has 0 fully saturated rings. The molecule has 0 unspecified atom stereocenters. The van der Waals surface area contributed by atoms with Crippen molar-refractivity contribution in [3.8, 4) is 0 Å². The summed E-state index contributed by atoms with van der Waals surface area (Å²) in [5.74, 6) is -1.14. The molecule has 2 aromatic heterocycles. The van der Waals surface area contributed by atoms with Gasteiger partial charge in [-0.2, -0.15) is 0 Å². The minimum atomic E-state index is -1.06. The van der Waals surface area contributed by atoms with E-state index in [0.717, 1.165) is 16.9 Å². The Balaban J connectivity index is 1.86. The first-order valence-corrected chi connectivity index (χ1v) is 7.09. The zero-order valence-corrected chi connectivity index (χ0v) is 11.8. The van der Waals surface area contributed by atoms with Crippen LogP contribution in [0.5, 0.6) is 0 Å². The summed E-state index contributed by atoms with van der Waals surface area (Å²) in [6, 6.07) is 1.95. The van der Waals surface area contributed by atoms with Crippen LogP contribution in [-0.2, 0) is 13.0 Å². The van der Waals surface area contributed by atoms with Gasteiger partial charge in [-0.1, -0.05) is 6.92 Å². The highest BCUT2D eigenvalue weighted by atomic mass is 32.1. The molecule has 0 atom stereocenters. The van der Waals surface area contributed by atoms with Crippen molar-refractivity contribution in [1.29, 1.82) is 0 Å². The van der Waals surface area contributed by atoms with E-state index in [9.17, 15) is 9.59 Å². The van der Waals surface area contributed by atoms with E-state index in [1.54, 1.807) is 4.57 Å².